The molecule has 7 heteroatoms. The molecule has 0 fully saturated rings. The van der Waals surface area contributed by atoms with Crippen LogP contribution in [0.1, 0.15) is 13.3 Å². The summed E-state index contributed by atoms with van der Waals surface area (Å²) in [6.45, 7) is 1.79. The third-order valence-corrected chi connectivity index (χ3v) is 3.13. The number of non-ortho nitro benzene ring substituents is 1. The van der Waals surface area contributed by atoms with Crippen molar-refractivity contribution in [3.63, 3.8) is 0 Å². The number of hydrogen-bond acceptors (Lipinski definition) is 5. The lowest BCUT2D eigenvalue weighted by molar-refractivity contribution is -0.383. The first-order valence-electron chi connectivity index (χ1n) is 6.41. The fourth-order valence-corrected chi connectivity index (χ4v) is 2.09. The summed E-state index contributed by atoms with van der Waals surface area (Å²) in [5, 5.41) is 12.1. The summed E-state index contributed by atoms with van der Waals surface area (Å²) < 4.78 is 5.65. The van der Waals surface area contributed by atoms with Crippen LogP contribution in [0.15, 0.2) is 36.4 Å². The molecule has 2 rings (SSSR count). The molecule has 0 aliphatic carbocycles. The zero-order chi connectivity index (χ0) is 15.4. The van der Waals surface area contributed by atoms with E-state index in [1.54, 1.807) is 31.2 Å². The molecule has 0 heterocycles. The Kier molecular flexibility index (Phi) is 4.34. The standard InChI is InChI=1S/C14H15N3O4/c1-2-12(14(18)16-15)21-13-8-7-11(17(19)20)9-5-3-4-6-10(9)13/h3-8,12H,2,15H2,1H3,(H,16,18). The second-order valence-electron chi connectivity index (χ2n) is 4.41. The minimum atomic E-state index is -0.750. The number of ether oxygens (including phenoxy) is 1. The zero-order valence-corrected chi connectivity index (χ0v) is 11.4. The Morgan fingerprint density at radius 1 is 1.33 bits per heavy atom. The van der Waals surface area contributed by atoms with Gasteiger partial charge in [-0.1, -0.05) is 25.1 Å². The number of nitro benzene ring substituents is 1. The van der Waals surface area contributed by atoms with Crippen LogP contribution in [0, 0.1) is 10.1 Å². The van der Waals surface area contributed by atoms with Crippen LogP contribution in [0.2, 0.25) is 0 Å². The summed E-state index contributed by atoms with van der Waals surface area (Å²) in [5.74, 6) is 5.07. The van der Waals surface area contributed by atoms with Gasteiger partial charge in [-0.3, -0.25) is 20.3 Å². The molecule has 0 bridgehead atoms. The number of nitrogens with two attached hydrogens (primary N) is 1. The van der Waals surface area contributed by atoms with E-state index in [0.717, 1.165) is 0 Å². The molecule has 1 unspecified atom stereocenters. The van der Waals surface area contributed by atoms with Gasteiger partial charge in [-0.2, -0.15) is 0 Å². The number of nitrogens with zero attached hydrogens (tertiary/aromatic N) is 1. The highest BCUT2D eigenvalue weighted by Gasteiger charge is 2.20. The Morgan fingerprint density at radius 2 is 2.00 bits per heavy atom. The third-order valence-electron chi connectivity index (χ3n) is 3.13. The van der Waals surface area contributed by atoms with E-state index >= 15 is 0 Å². The van der Waals surface area contributed by atoms with E-state index in [9.17, 15) is 14.9 Å². The lowest BCUT2D eigenvalue weighted by Gasteiger charge is -2.17. The maximum atomic E-state index is 11.6. The minimum Gasteiger partial charge on any atom is -0.480 e. The molecule has 2 aromatic rings. The molecule has 7 nitrogen and oxygen atoms in total. The number of nitro groups is 1. The van der Waals surface area contributed by atoms with Gasteiger partial charge >= 0.3 is 0 Å². The van der Waals surface area contributed by atoms with Gasteiger partial charge in [0.05, 0.1) is 10.3 Å². The Hall–Kier alpha value is -2.67. The molecule has 1 amide bonds. The normalized spacial score (nSPS) is 11.9. The first-order valence-corrected chi connectivity index (χ1v) is 6.41. The highest BCUT2D eigenvalue weighted by atomic mass is 16.6. The Bertz CT molecular complexity index is 687. The number of carbonyl (C=O) groups is 1. The van der Waals surface area contributed by atoms with Crippen molar-refractivity contribution in [2.75, 3.05) is 0 Å². The smallest absolute Gasteiger partial charge is 0.277 e. The number of nitrogens with one attached hydrogen (secondary N) is 1. The van der Waals surface area contributed by atoms with Crippen molar-refractivity contribution >= 4 is 22.4 Å². The predicted octanol–water partition coefficient (Wildman–Crippen LogP) is 1.90. The van der Waals surface area contributed by atoms with Crippen LogP contribution in [0.4, 0.5) is 5.69 Å². The van der Waals surface area contributed by atoms with Crippen LogP contribution in [0.5, 0.6) is 5.75 Å². The highest BCUT2D eigenvalue weighted by Crippen LogP contribution is 2.33. The third kappa shape index (κ3) is 2.92. The Labute approximate surface area is 120 Å². The van der Waals surface area contributed by atoms with E-state index in [1.165, 1.54) is 12.1 Å². The van der Waals surface area contributed by atoms with E-state index in [1.807, 2.05) is 5.43 Å². The second kappa shape index (κ2) is 6.19. The van der Waals surface area contributed by atoms with Gasteiger partial charge in [-0.05, 0) is 18.6 Å². The molecule has 21 heavy (non-hydrogen) atoms. The Morgan fingerprint density at radius 3 is 2.57 bits per heavy atom. The van der Waals surface area contributed by atoms with Crippen molar-refractivity contribution in [3.8, 4) is 5.75 Å². The molecule has 1 atom stereocenters. The molecular formula is C14H15N3O4. The average molecular weight is 289 g/mol. The van der Waals surface area contributed by atoms with Gasteiger partial charge in [0.1, 0.15) is 5.75 Å². The number of fused-ring (bicyclic) bond motifs is 1. The van der Waals surface area contributed by atoms with Gasteiger partial charge in [-0.25, -0.2) is 5.84 Å². The van der Waals surface area contributed by atoms with Crippen LogP contribution in [-0.4, -0.2) is 16.9 Å². The molecule has 0 aliphatic heterocycles. The zero-order valence-electron chi connectivity index (χ0n) is 11.4. The van der Waals surface area contributed by atoms with E-state index in [-0.39, 0.29) is 5.69 Å². The summed E-state index contributed by atoms with van der Waals surface area (Å²) >= 11 is 0. The monoisotopic (exact) mass is 289 g/mol. The molecule has 0 aromatic heterocycles. The lowest BCUT2D eigenvalue weighted by atomic mass is 10.1. The topological polar surface area (TPSA) is 107 Å². The quantitative estimate of drug-likeness (QED) is 0.378. The maximum absolute atomic E-state index is 11.6. The summed E-state index contributed by atoms with van der Waals surface area (Å²) in [7, 11) is 0. The molecule has 0 radical (unpaired) electrons. The largest absolute Gasteiger partial charge is 0.480 e. The van der Waals surface area contributed by atoms with Gasteiger partial charge in [-0.15, -0.1) is 0 Å². The summed E-state index contributed by atoms with van der Waals surface area (Å²) in [4.78, 5) is 22.2. The fraction of sp³-hybridized carbons (Fsp3) is 0.214. The van der Waals surface area contributed by atoms with E-state index in [2.05, 4.69) is 0 Å². The van der Waals surface area contributed by atoms with Crippen molar-refractivity contribution in [3.05, 3.63) is 46.5 Å². The molecule has 0 spiro atoms. The first-order chi connectivity index (χ1) is 10.1. The van der Waals surface area contributed by atoms with E-state index < -0.39 is 16.9 Å². The summed E-state index contributed by atoms with van der Waals surface area (Å²) in [6.07, 6.45) is -0.325. The van der Waals surface area contributed by atoms with Crippen LogP contribution >= 0.6 is 0 Å². The number of benzene rings is 2. The maximum Gasteiger partial charge on any atom is 0.277 e. The Balaban J connectivity index is 2.48. The summed E-state index contributed by atoms with van der Waals surface area (Å²) in [6, 6.07) is 9.68. The molecule has 0 saturated carbocycles. The predicted molar refractivity (Wildman–Crippen MR) is 77.6 cm³/mol. The van der Waals surface area contributed by atoms with Gasteiger partial charge in [0.15, 0.2) is 6.10 Å². The van der Waals surface area contributed by atoms with Crippen LogP contribution in [0.3, 0.4) is 0 Å². The van der Waals surface area contributed by atoms with Gasteiger partial charge < -0.3 is 4.74 Å². The van der Waals surface area contributed by atoms with Gasteiger partial charge in [0.25, 0.3) is 11.6 Å². The number of hydrazine groups is 1. The molecule has 0 aliphatic rings. The summed E-state index contributed by atoms with van der Waals surface area (Å²) in [5.41, 5.74) is 2.04. The van der Waals surface area contributed by atoms with Crippen LogP contribution in [0.25, 0.3) is 10.8 Å². The second-order valence-corrected chi connectivity index (χ2v) is 4.41. The minimum absolute atomic E-state index is 0.00530. The highest BCUT2D eigenvalue weighted by molar-refractivity contribution is 5.95. The van der Waals surface area contributed by atoms with E-state index in [0.29, 0.717) is 22.9 Å². The van der Waals surface area contributed by atoms with Crippen molar-refractivity contribution in [1.29, 1.82) is 0 Å². The number of rotatable bonds is 5. The molecule has 3 N–H and O–H groups in total. The van der Waals surface area contributed by atoms with Gasteiger partial charge in [0.2, 0.25) is 0 Å². The van der Waals surface area contributed by atoms with Crippen molar-refractivity contribution in [2.45, 2.75) is 19.4 Å². The average Bonchev–Trinajstić information content (AvgIpc) is 2.51. The molecule has 2 aromatic carbocycles. The first kappa shape index (κ1) is 14.7. The molecule has 0 saturated heterocycles. The van der Waals surface area contributed by atoms with Crippen LogP contribution in [-0.2, 0) is 4.79 Å². The number of carbonyl (C=O) groups excluding carboxylic acids is 1. The van der Waals surface area contributed by atoms with Gasteiger partial charge in [0, 0.05) is 11.5 Å². The van der Waals surface area contributed by atoms with Crippen molar-refractivity contribution < 1.29 is 14.5 Å². The SMILES string of the molecule is CCC(Oc1ccc([N+](=O)[O-])c2ccccc12)C(=O)NN. The lowest BCUT2D eigenvalue weighted by Crippen LogP contribution is -2.41. The number of amides is 1. The fourth-order valence-electron chi connectivity index (χ4n) is 2.09. The van der Waals surface area contributed by atoms with E-state index in [4.69, 9.17) is 10.6 Å². The number of hydrogen-bond donors (Lipinski definition) is 2. The van der Waals surface area contributed by atoms with Crippen LogP contribution < -0.4 is 16.0 Å². The van der Waals surface area contributed by atoms with Crippen molar-refractivity contribution in [1.82, 2.24) is 5.43 Å². The molecular weight excluding hydrogens is 274 g/mol. The molecule has 110 valence electrons. The van der Waals surface area contributed by atoms with Crippen molar-refractivity contribution in [2.24, 2.45) is 5.84 Å².